The van der Waals surface area contributed by atoms with Gasteiger partial charge in [-0.1, -0.05) is 42.8 Å². The Bertz CT molecular complexity index is 1290. The average Bonchev–Trinajstić information content (AvgIpc) is 2.86. The van der Waals surface area contributed by atoms with Crippen LogP contribution in [-0.4, -0.2) is 19.2 Å². The van der Waals surface area contributed by atoms with Crippen molar-refractivity contribution in [3.63, 3.8) is 0 Å². The minimum absolute atomic E-state index is 0.0102. The summed E-state index contributed by atoms with van der Waals surface area (Å²) in [5, 5.41) is 9.79. The Morgan fingerprint density at radius 2 is 1.80 bits per heavy atom. The maximum absolute atomic E-state index is 12.3. The number of carbonyl (C=O) groups is 1. The highest BCUT2D eigenvalue weighted by Gasteiger charge is 2.31. The smallest absolute Gasteiger partial charge is 0.349 e. The molecule has 0 saturated heterocycles. The lowest BCUT2D eigenvalue weighted by atomic mass is 9.83. The van der Waals surface area contributed by atoms with Gasteiger partial charge in [0.15, 0.2) is 6.61 Å². The summed E-state index contributed by atoms with van der Waals surface area (Å²) in [6.45, 7) is 4.36. The minimum Gasteiger partial charge on any atom is -0.494 e. The molecular formula is C28H26N2O5. The normalized spacial score (nSPS) is 14.4. The number of hydrogen-bond acceptors (Lipinski definition) is 7. The first-order valence-electron chi connectivity index (χ1n) is 11.3. The van der Waals surface area contributed by atoms with Crippen molar-refractivity contribution in [2.75, 3.05) is 13.2 Å². The zero-order valence-electron chi connectivity index (χ0n) is 19.6. The van der Waals surface area contributed by atoms with Crippen LogP contribution in [0.3, 0.4) is 0 Å². The Hall–Kier alpha value is -4.44. The van der Waals surface area contributed by atoms with E-state index in [2.05, 4.69) is 6.07 Å². The van der Waals surface area contributed by atoms with Crippen LogP contribution < -0.4 is 24.7 Å². The Kier molecular flexibility index (Phi) is 7.22. The van der Waals surface area contributed by atoms with Crippen LogP contribution in [0.1, 0.15) is 36.0 Å². The third-order valence-corrected chi connectivity index (χ3v) is 5.46. The van der Waals surface area contributed by atoms with Crippen LogP contribution in [0, 0.1) is 18.3 Å². The van der Waals surface area contributed by atoms with Crippen LogP contribution in [0.25, 0.3) is 0 Å². The molecule has 2 N–H and O–H groups in total. The summed E-state index contributed by atoms with van der Waals surface area (Å²) in [5.41, 5.74) is 9.09. The van der Waals surface area contributed by atoms with Crippen molar-refractivity contribution in [2.24, 2.45) is 5.73 Å². The van der Waals surface area contributed by atoms with Crippen LogP contribution in [0.15, 0.2) is 78.2 Å². The molecule has 3 aromatic rings. The van der Waals surface area contributed by atoms with Gasteiger partial charge in [0.1, 0.15) is 34.6 Å². The SMILES string of the molecule is CCCOc1cccc(C2C(C#N)=C(N)Oc3cc(OC(=O)COc4ccc(C)cc4)ccc32)c1. The number of benzene rings is 3. The van der Waals surface area contributed by atoms with E-state index in [9.17, 15) is 10.1 Å². The van der Waals surface area contributed by atoms with Gasteiger partial charge in [-0.15, -0.1) is 0 Å². The number of nitrogens with zero attached hydrogens (tertiary/aromatic N) is 1. The van der Waals surface area contributed by atoms with Gasteiger partial charge in [0.25, 0.3) is 0 Å². The van der Waals surface area contributed by atoms with E-state index in [0.29, 0.717) is 29.4 Å². The van der Waals surface area contributed by atoms with Gasteiger partial charge in [0, 0.05) is 11.6 Å². The van der Waals surface area contributed by atoms with Crippen molar-refractivity contribution in [1.29, 1.82) is 5.26 Å². The molecule has 0 aliphatic carbocycles. The van der Waals surface area contributed by atoms with Crippen molar-refractivity contribution in [1.82, 2.24) is 0 Å². The van der Waals surface area contributed by atoms with Crippen LogP contribution >= 0.6 is 0 Å². The molecule has 7 heteroatoms. The predicted molar refractivity (Wildman–Crippen MR) is 130 cm³/mol. The molecule has 1 heterocycles. The van der Waals surface area contributed by atoms with Crippen molar-refractivity contribution < 1.29 is 23.7 Å². The van der Waals surface area contributed by atoms with Crippen LogP contribution in [0.2, 0.25) is 0 Å². The fourth-order valence-electron chi connectivity index (χ4n) is 3.78. The molecule has 4 rings (SSSR count). The van der Waals surface area contributed by atoms with Gasteiger partial charge in [0.2, 0.25) is 5.88 Å². The molecular weight excluding hydrogens is 444 g/mol. The predicted octanol–water partition coefficient (Wildman–Crippen LogP) is 4.99. The van der Waals surface area contributed by atoms with E-state index in [1.165, 1.54) is 0 Å². The number of rotatable bonds is 8. The molecule has 0 radical (unpaired) electrons. The van der Waals surface area contributed by atoms with Crippen molar-refractivity contribution in [3.8, 4) is 29.1 Å². The summed E-state index contributed by atoms with van der Waals surface area (Å²) < 4.78 is 22.4. The highest BCUT2D eigenvalue weighted by molar-refractivity contribution is 5.74. The minimum atomic E-state index is -0.556. The van der Waals surface area contributed by atoms with Crippen LogP contribution in [0.4, 0.5) is 0 Å². The lowest BCUT2D eigenvalue weighted by Gasteiger charge is -2.27. The second kappa shape index (κ2) is 10.7. The molecule has 0 bridgehead atoms. The van der Waals surface area contributed by atoms with E-state index in [-0.39, 0.29) is 18.2 Å². The Balaban J connectivity index is 1.54. The highest BCUT2D eigenvalue weighted by atomic mass is 16.6. The van der Waals surface area contributed by atoms with Gasteiger partial charge in [-0.25, -0.2) is 4.79 Å². The first-order valence-corrected chi connectivity index (χ1v) is 11.3. The molecule has 3 aromatic carbocycles. The number of ether oxygens (including phenoxy) is 4. The number of aryl methyl sites for hydroxylation is 1. The van der Waals surface area contributed by atoms with Crippen molar-refractivity contribution in [3.05, 3.63) is 94.9 Å². The number of esters is 1. The highest BCUT2D eigenvalue weighted by Crippen LogP contribution is 2.44. The van der Waals surface area contributed by atoms with Gasteiger partial charge in [-0.3, -0.25) is 0 Å². The third-order valence-electron chi connectivity index (χ3n) is 5.46. The number of allylic oxidation sites excluding steroid dienone is 1. The average molecular weight is 471 g/mol. The molecule has 0 aromatic heterocycles. The summed E-state index contributed by atoms with van der Waals surface area (Å²) in [5.74, 6) is 1.01. The molecule has 35 heavy (non-hydrogen) atoms. The number of nitrogens with two attached hydrogens (primary N) is 1. The van der Waals surface area contributed by atoms with Gasteiger partial charge in [-0.05, 0) is 49.2 Å². The van der Waals surface area contributed by atoms with Crippen molar-refractivity contribution in [2.45, 2.75) is 26.2 Å². The van der Waals surface area contributed by atoms with Crippen LogP contribution in [0.5, 0.6) is 23.0 Å². The Labute approximate surface area is 204 Å². The molecule has 0 amide bonds. The topological polar surface area (TPSA) is 104 Å². The molecule has 1 aliphatic heterocycles. The van der Waals surface area contributed by atoms with E-state index < -0.39 is 11.9 Å². The van der Waals surface area contributed by atoms with Gasteiger partial charge < -0.3 is 24.7 Å². The first kappa shape index (κ1) is 23.7. The van der Waals surface area contributed by atoms with E-state index in [1.807, 2.05) is 50.2 Å². The Morgan fingerprint density at radius 3 is 2.54 bits per heavy atom. The monoisotopic (exact) mass is 470 g/mol. The molecule has 0 fully saturated rings. The fourth-order valence-corrected chi connectivity index (χ4v) is 3.78. The zero-order chi connectivity index (χ0) is 24.8. The van der Waals surface area contributed by atoms with Gasteiger partial charge in [-0.2, -0.15) is 5.26 Å². The van der Waals surface area contributed by atoms with E-state index >= 15 is 0 Å². The second-order valence-corrected chi connectivity index (χ2v) is 8.12. The van der Waals surface area contributed by atoms with Gasteiger partial charge in [0.05, 0.1) is 12.5 Å². The van der Waals surface area contributed by atoms with E-state index in [0.717, 1.165) is 23.1 Å². The molecule has 178 valence electrons. The Morgan fingerprint density at radius 1 is 1.03 bits per heavy atom. The summed E-state index contributed by atoms with van der Waals surface area (Å²) in [7, 11) is 0. The first-order chi connectivity index (χ1) is 17.0. The summed E-state index contributed by atoms with van der Waals surface area (Å²) in [4.78, 5) is 12.3. The van der Waals surface area contributed by atoms with Crippen LogP contribution in [-0.2, 0) is 4.79 Å². The number of fused-ring (bicyclic) bond motifs is 1. The number of carbonyl (C=O) groups excluding carboxylic acids is 1. The number of hydrogen-bond donors (Lipinski definition) is 1. The second-order valence-electron chi connectivity index (χ2n) is 8.12. The van der Waals surface area contributed by atoms with Crippen molar-refractivity contribution >= 4 is 5.97 Å². The van der Waals surface area contributed by atoms with Gasteiger partial charge >= 0.3 is 5.97 Å². The molecule has 1 atom stereocenters. The third kappa shape index (κ3) is 5.56. The quantitative estimate of drug-likeness (QED) is 0.365. The maximum Gasteiger partial charge on any atom is 0.349 e. The standard InChI is InChI=1S/C28H26N2O5/c1-3-13-32-21-6-4-5-19(14-21)27-23-12-11-22(15-25(23)35-28(30)24(27)16-29)34-26(31)17-33-20-9-7-18(2)8-10-20/h4-12,14-15,27H,3,13,17,30H2,1-2H3. The summed E-state index contributed by atoms with van der Waals surface area (Å²) in [6, 6.07) is 22.1. The molecule has 0 spiro atoms. The fraction of sp³-hybridized carbons (Fsp3) is 0.214. The molecule has 1 aliphatic rings. The molecule has 0 saturated carbocycles. The summed E-state index contributed by atoms with van der Waals surface area (Å²) >= 11 is 0. The lowest BCUT2D eigenvalue weighted by molar-refractivity contribution is -0.136. The summed E-state index contributed by atoms with van der Waals surface area (Å²) in [6.07, 6.45) is 0.887. The number of nitriles is 1. The van der Waals surface area contributed by atoms with E-state index in [4.69, 9.17) is 24.7 Å². The lowest BCUT2D eigenvalue weighted by Crippen LogP contribution is -2.21. The van der Waals surface area contributed by atoms with E-state index in [1.54, 1.807) is 30.3 Å². The zero-order valence-corrected chi connectivity index (χ0v) is 19.6. The molecule has 1 unspecified atom stereocenters. The molecule has 7 nitrogen and oxygen atoms in total. The maximum atomic E-state index is 12.3. The largest absolute Gasteiger partial charge is 0.494 e.